The molecule has 0 fully saturated rings. The third-order valence-electron chi connectivity index (χ3n) is 3.03. The molecule has 0 atom stereocenters. The Balaban J connectivity index is 2.08. The molecule has 0 aliphatic rings. The second-order valence-electron chi connectivity index (χ2n) is 4.63. The Morgan fingerprint density at radius 2 is 2.32 bits per heavy atom. The number of imidazole rings is 1. The molecular formula is C15H19N3O. The smallest absolute Gasteiger partial charge is 0.246 e. The molecule has 0 radical (unpaired) electrons. The Labute approximate surface area is 113 Å². The summed E-state index contributed by atoms with van der Waals surface area (Å²) in [6, 6.07) is 4.01. The van der Waals surface area contributed by atoms with Gasteiger partial charge in [0.15, 0.2) is 0 Å². The summed E-state index contributed by atoms with van der Waals surface area (Å²) < 4.78 is 1.98. The van der Waals surface area contributed by atoms with E-state index in [1.54, 1.807) is 0 Å². The molecule has 0 saturated heterocycles. The third kappa shape index (κ3) is 3.02. The number of pyridine rings is 1. The summed E-state index contributed by atoms with van der Waals surface area (Å²) in [5.41, 5.74) is 3.68. The number of aryl methyl sites for hydroxylation is 1. The molecule has 4 heteroatoms. The van der Waals surface area contributed by atoms with Crippen LogP contribution in [0.3, 0.4) is 0 Å². The van der Waals surface area contributed by atoms with Crippen LogP contribution in [0.15, 0.2) is 36.2 Å². The predicted octanol–water partition coefficient (Wildman–Crippen LogP) is 2.62. The van der Waals surface area contributed by atoms with E-state index in [9.17, 15) is 4.79 Å². The van der Waals surface area contributed by atoms with Crippen molar-refractivity contribution >= 4 is 11.6 Å². The van der Waals surface area contributed by atoms with Crippen LogP contribution >= 0.6 is 0 Å². The number of carbonyl (C=O) groups is 1. The summed E-state index contributed by atoms with van der Waals surface area (Å²) in [6.45, 7) is 6.32. The predicted molar refractivity (Wildman–Crippen MR) is 75.8 cm³/mol. The van der Waals surface area contributed by atoms with Gasteiger partial charge in [0, 0.05) is 18.0 Å². The Morgan fingerprint density at radius 1 is 1.53 bits per heavy atom. The monoisotopic (exact) mass is 257 g/mol. The van der Waals surface area contributed by atoms with Gasteiger partial charge in [-0.25, -0.2) is 4.98 Å². The lowest BCUT2D eigenvalue weighted by Crippen LogP contribution is -2.23. The Morgan fingerprint density at radius 3 is 3.00 bits per heavy atom. The highest BCUT2D eigenvalue weighted by atomic mass is 16.1. The number of aromatic nitrogens is 2. The van der Waals surface area contributed by atoms with Crippen molar-refractivity contribution in [2.24, 2.45) is 0 Å². The quantitative estimate of drug-likeness (QED) is 0.856. The fourth-order valence-electron chi connectivity index (χ4n) is 2.00. The van der Waals surface area contributed by atoms with Gasteiger partial charge >= 0.3 is 0 Å². The van der Waals surface area contributed by atoms with Gasteiger partial charge in [0.2, 0.25) is 5.91 Å². The van der Waals surface area contributed by atoms with Crippen LogP contribution in [0.2, 0.25) is 0 Å². The summed E-state index contributed by atoms with van der Waals surface area (Å²) in [5, 5.41) is 2.88. The van der Waals surface area contributed by atoms with Gasteiger partial charge in [-0.15, -0.1) is 0 Å². The van der Waals surface area contributed by atoms with E-state index >= 15 is 0 Å². The number of carbonyl (C=O) groups excluding carboxylic acids is 1. The molecule has 0 bridgehead atoms. The van der Waals surface area contributed by atoms with Crippen LogP contribution in [-0.2, 0) is 11.3 Å². The molecule has 19 heavy (non-hydrogen) atoms. The zero-order valence-electron chi connectivity index (χ0n) is 11.6. The first-order valence-corrected chi connectivity index (χ1v) is 6.50. The number of allylic oxidation sites excluding steroid dienone is 1. The molecule has 1 amide bonds. The fourth-order valence-corrected chi connectivity index (χ4v) is 2.00. The third-order valence-corrected chi connectivity index (χ3v) is 3.03. The van der Waals surface area contributed by atoms with E-state index in [1.165, 1.54) is 0 Å². The van der Waals surface area contributed by atoms with E-state index in [0.717, 1.165) is 28.9 Å². The summed E-state index contributed by atoms with van der Waals surface area (Å²) >= 11 is 0. The molecule has 0 aliphatic heterocycles. The SMILES string of the molecule is CCC=C(C)C(=O)NCc1cn2cccc(C)c2n1. The highest BCUT2D eigenvalue weighted by molar-refractivity contribution is 5.92. The maximum Gasteiger partial charge on any atom is 0.246 e. The molecule has 0 unspecified atom stereocenters. The number of nitrogens with zero attached hydrogens (tertiary/aromatic N) is 2. The standard InChI is InChI=1S/C15H19N3O/c1-4-6-12(3)15(19)16-9-13-10-18-8-5-7-11(2)14(18)17-13/h5-8,10H,4,9H2,1-3H3,(H,16,19). The van der Waals surface area contributed by atoms with E-state index in [0.29, 0.717) is 6.54 Å². The van der Waals surface area contributed by atoms with Crippen LogP contribution in [0.25, 0.3) is 5.65 Å². The molecule has 0 aromatic carbocycles. The van der Waals surface area contributed by atoms with Crippen LogP contribution < -0.4 is 5.32 Å². The minimum Gasteiger partial charge on any atom is -0.347 e. The van der Waals surface area contributed by atoms with Crippen LogP contribution in [0.4, 0.5) is 0 Å². The summed E-state index contributed by atoms with van der Waals surface area (Å²) in [6.07, 6.45) is 6.69. The molecule has 100 valence electrons. The lowest BCUT2D eigenvalue weighted by Gasteiger charge is -2.02. The van der Waals surface area contributed by atoms with Crippen molar-refractivity contribution < 1.29 is 4.79 Å². The highest BCUT2D eigenvalue weighted by Crippen LogP contribution is 2.09. The number of rotatable bonds is 4. The van der Waals surface area contributed by atoms with Gasteiger partial charge in [-0.3, -0.25) is 4.79 Å². The molecule has 2 rings (SSSR count). The molecule has 4 nitrogen and oxygen atoms in total. The molecule has 0 spiro atoms. The zero-order chi connectivity index (χ0) is 13.8. The fraction of sp³-hybridized carbons (Fsp3) is 0.333. The minimum atomic E-state index is -0.0318. The van der Waals surface area contributed by atoms with E-state index in [4.69, 9.17) is 0 Å². The maximum absolute atomic E-state index is 11.8. The maximum atomic E-state index is 11.8. The number of fused-ring (bicyclic) bond motifs is 1. The van der Waals surface area contributed by atoms with E-state index < -0.39 is 0 Å². The molecule has 2 aromatic rings. The molecule has 2 heterocycles. The zero-order valence-corrected chi connectivity index (χ0v) is 11.6. The van der Waals surface area contributed by atoms with E-state index in [2.05, 4.69) is 10.3 Å². The second kappa shape index (κ2) is 5.69. The minimum absolute atomic E-state index is 0.0318. The van der Waals surface area contributed by atoms with E-state index in [1.807, 2.05) is 55.8 Å². The van der Waals surface area contributed by atoms with Gasteiger partial charge in [0.1, 0.15) is 5.65 Å². The molecule has 1 N–H and O–H groups in total. The highest BCUT2D eigenvalue weighted by Gasteiger charge is 2.06. The van der Waals surface area contributed by atoms with Crippen LogP contribution in [0.1, 0.15) is 31.5 Å². The first kappa shape index (κ1) is 13.3. The second-order valence-corrected chi connectivity index (χ2v) is 4.63. The average molecular weight is 257 g/mol. The number of hydrogen-bond donors (Lipinski definition) is 1. The van der Waals surface area contributed by atoms with Crippen molar-refractivity contribution in [3.8, 4) is 0 Å². The average Bonchev–Trinajstić information content (AvgIpc) is 2.80. The van der Waals surface area contributed by atoms with Crippen molar-refractivity contribution in [1.82, 2.24) is 14.7 Å². The Kier molecular flexibility index (Phi) is 4.00. The van der Waals surface area contributed by atoms with Crippen LogP contribution in [0.5, 0.6) is 0 Å². The summed E-state index contributed by atoms with van der Waals surface area (Å²) in [5.74, 6) is -0.0318. The number of nitrogens with one attached hydrogen (secondary N) is 1. The van der Waals surface area contributed by atoms with Crippen molar-refractivity contribution in [1.29, 1.82) is 0 Å². The lowest BCUT2D eigenvalue weighted by atomic mass is 10.2. The van der Waals surface area contributed by atoms with Gasteiger partial charge in [-0.05, 0) is 31.9 Å². The first-order chi connectivity index (χ1) is 9.11. The largest absolute Gasteiger partial charge is 0.347 e. The summed E-state index contributed by atoms with van der Waals surface area (Å²) in [4.78, 5) is 16.3. The van der Waals surface area contributed by atoms with Gasteiger partial charge < -0.3 is 9.72 Å². The summed E-state index contributed by atoms with van der Waals surface area (Å²) in [7, 11) is 0. The van der Waals surface area contributed by atoms with Gasteiger partial charge in [-0.1, -0.05) is 19.1 Å². The molecule has 0 saturated carbocycles. The van der Waals surface area contributed by atoms with Gasteiger partial charge in [0.05, 0.1) is 12.2 Å². The van der Waals surface area contributed by atoms with Crippen molar-refractivity contribution in [3.63, 3.8) is 0 Å². The molecule has 0 aliphatic carbocycles. The van der Waals surface area contributed by atoms with Crippen LogP contribution in [0, 0.1) is 6.92 Å². The van der Waals surface area contributed by atoms with E-state index in [-0.39, 0.29) is 5.91 Å². The van der Waals surface area contributed by atoms with Crippen molar-refractivity contribution in [3.05, 3.63) is 47.4 Å². The molecular weight excluding hydrogens is 238 g/mol. The Bertz CT molecular complexity index is 625. The Hall–Kier alpha value is -2.10. The lowest BCUT2D eigenvalue weighted by molar-refractivity contribution is -0.117. The number of hydrogen-bond acceptors (Lipinski definition) is 2. The topological polar surface area (TPSA) is 46.4 Å². The molecule has 2 aromatic heterocycles. The van der Waals surface area contributed by atoms with Crippen molar-refractivity contribution in [2.75, 3.05) is 0 Å². The normalized spacial score (nSPS) is 11.8. The van der Waals surface area contributed by atoms with Crippen LogP contribution in [-0.4, -0.2) is 15.3 Å². The number of amides is 1. The van der Waals surface area contributed by atoms with Gasteiger partial charge in [-0.2, -0.15) is 0 Å². The van der Waals surface area contributed by atoms with Gasteiger partial charge in [0.25, 0.3) is 0 Å². The van der Waals surface area contributed by atoms with Crippen molar-refractivity contribution in [2.45, 2.75) is 33.7 Å². The first-order valence-electron chi connectivity index (χ1n) is 6.50.